The summed E-state index contributed by atoms with van der Waals surface area (Å²) in [6.45, 7) is 2.14. The van der Waals surface area contributed by atoms with Crippen LogP contribution in [0.1, 0.15) is 18.4 Å². The van der Waals surface area contributed by atoms with Crippen molar-refractivity contribution in [3.63, 3.8) is 0 Å². The van der Waals surface area contributed by atoms with E-state index in [1.165, 1.54) is 4.90 Å². The molecule has 0 aromatic heterocycles. The van der Waals surface area contributed by atoms with Gasteiger partial charge in [0.1, 0.15) is 0 Å². The third-order valence-electron chi connectivity index (χ3n) is 4.64. The number of aliphatic hydroxyl groups is 1. The lowest BCUT2D eigenvalue weighted by Crippen LogP contribution is -2.43. The molecule has 130 valence electrons. The van der Waals surface area contributed by atoms with E-state index in [1.807, 2.05) is 30.3 Å². The van der Waals surface area contributed by atoms with Crippen molar-refractivity contribution in [2.75, 3.05) is 32.8 Å². The Morgan fingerprint density at radius 3 is 2.58 bits per heavy atom. The molecule has 0 saturated carbocycles. The lowest BCUT2D eigenvalue weighted by molar-refractivity contribution is -0.143. The Labute approximate surface area is 142 Å². The van der Waals surface area contributed by atoms with Crippen molar-refractivity contribution in [2.24, 2.45) is 5.92 Å². The number of benzene rings is 1. The quantitative estimate of drug-likeness (QED) is 0.882. The Morgan fingerprint density at radius 1 is 1.17 bits per heavy atom. The first-order valence-electron chi connectivity index (χ1n) is 8.50. The molecular weight excluding hydrogens is 308 g/mol. The molecule has 0 spiro atoms. The van der Waals surface area contributed by atoms with Crippen LogP contribution in [0, 0.1) is 5.92 Å². The summed E-state index contributed by atoms with van der Waals surface area (Å²) in [5.41, 5.74) is 1.02. The van der Waals surface area contributed by atoms with Gasteiger partial charge in [0.15, 0.2) is 0 Å². The topological polar surface area (TPSA) is 70.1 Å². The van der Waals surface area contributed by atoms with E-state index in [9.17, 15) is 14.7 Å². The Bertz CT molecular complexity index is 572. The van der Waals surface area contributed by atoms with Gasteiger partial charge in [-0.15, -0.1) is 0 Å². The summed E-state index contributed by atoms with van der Waals surface area (Å²) in [4.78, 5) is 28.4. The lowest BCUT2D eigenvalue weighted by atomic mass is 9.98. The smallest absolute Gasteiger partial charge is 0.242 e. The fraction of sp³-hybridized carbons (Fsp3) is 0.556. The zero-order chi connectivity index (χ0) is 16.9. The predicted octanol–water partition coefficient (Wildman–Crippen LogP) is 0.645. The fourth-order valence-corrected chi connectivity index (χ4v) is 3.32. The second-order valence-electron chi connectivity index (χ2n) is 6.52. The van der Waals surface area contributed by atoms with Crippen molar-refractivity contribution in [2.45, 2.75) is 25.5 Å². The SMILES string of the molecule is O=C1CN(C(=O)C2CCOCC2)CC(O)CN1Cc1ccccc1. The van der Waals surface area contributed by atoms with Crippen molar-refractivity contribution < 1.29 is 19.4 Å². The highest BCUT2D eigenvalue weighted by Gasteiger charge is 2.33. The molecule has 0 radical (unpaired) electrons. The summed E-state index contributed by atoms with van der Waals surface area (Å²) in [5.74, 6) is -0.248. The van der Waals surface area contributed by atoms with E-state index in [1.54, 1.807) is 4.90 Å². The van der Waals surface area contributed by atoms with Gasteiger partial charge in [-0.1, -0.05) is 30.3 Å². The largest absolute Gasteiger partial charge is 0.389 e. The van der Waals surface area contributed by atoms with Crippen LogP contribution in [0.4, 0.5) is 0 Å². The van der Waals surface area contributed by atoms with Gasteiger partial charge in [-0.05, 0) is 18.4 Å². The third-order valence-corrected chi connectivity index (χ3v) is 4.64. The summed E-state index contributed by atoms with van der Waals surface area (Å²) in [6, 6.07) is 9.69. The number of hydrogen-bond donors (Lipinski definition) is 1. The van der Waals surface area contributed by atoms with E-state index < -0.39 is 6.10 Å². The van der Waals surface area contributed by atoms with Crippen LogP contribution in [-0.4, -0.2) is 65.7 Å². The number of nitrogens with zero attached hydrogens (tertiary/aromatic N) is 2. The van der Waals surface area contributed by atoms with E-state index in [0.29, 0.717) is 32.6 Å². The maximum Gasteiger partial charge on any atom is 0.242 e. The van der Waals surface area contributed by atoms with Gasteiger partial charge in [0, 0.05) is 38.8 Å². The Hall–Kier alpha value is -1.92. The molecule has 6 nitrogen and oxygen atoms in total. The van der Waals surface area contributed by atoms with E-state index in [-0.39, 0.29) is 37.4 Å². The van der Waals surface area contributed by atoms with Gasteiger partial charge in [0.2, 0.25) is 11.8 Å². The highest BCUT2D eigenvalue weighted by atomic mass is 16.5. The molecule has 1 aromatic rings. The van der Waals surface area contributed by atoms with Gasteiger partial charge < -0.3 is 19.6 Å². The highest BCUT2D eigenvalue weighted by Crippen LogP contribution is 2.19. The first kappa shape index (κ1) is 16.9. The Morgan fingerprint density at radius 2 is 1.88 bits per heavy atom. The molecule has 0 bridgehead atoms. The number of β-amino-alcohol motifs (C(OH)–C–C–N with tert-alkyl or cyclic N) is 1. The zero-order valence-corrected chi connectivity index (χ0v) is 13.8. The molecule has 1 aromatic carbocycles. The van der Waals surface area contributed by atoms with Crippen molar-refractivity contribution in [1.82, 2.24) is 9.80 Å². The van der Waals surface area contributed by atoms with E-state index >= 15 is 0 Å². The van der Waals surface area contributed by atoms with Gasteiger partial charge in [-0.2, -0.15) is 0 Å². The van der Waals surface area contributed by atoms with E-state index in [4.69, 9.17) is 4.74 Å². The van der Waals surface area contributed by atoms with Gasteiger partial charge in [-0.25, -0.2) is 0 Å². The van der Waals surface area contributed by atoms with Crippen LogP contribution in [0.5, 0.6) is 0 Å². The maximum absolute atomic E-state index is 12.7. The first-order valence-corrected chi connectivity index (χ1v) is 8.50. The van der Waals surface area contributed by atoms with Crippen molar-refractivity contribution in [3.05, 3.63) is 35.9 Å². The molecule has 2 fully saturated rings. The van der Waals surface area contributed by atoms with Crippen molar-refractivity contribution in [1.29, 1.82) is 0 Å². The number of aliphatic hydroxyl groups excluding tert-OH is 1. The minimum atomic E-state index is -0.719. The number of ether oxygens (including phenoxy) is 1. The summed E-state index contributed by atoms with van der Waals surface area (Å²) < 4.78 is 5.29. The molecule has 0 aliphatic carbocycles. The molecule has 1 unspecified atom stereocenters. The Balaban J connectivity index is 1.66. The van der Waals surface area contributed by atoms with Gasteiger partial charge in [0.25, 0.3) is 0 Å². The molecule has 6 heteroatoms. The summed E-state index contributed by atoms with van der Waals surface area (Å²) in [5, 5.41) is 10.3. The third kappa shape index (κ3) is 4.13. The van der Waals surface area contributed by atoms with Crippen molar-refractivity contribution in [3.8, 4) is 0 Å². The molecule has 2 aliphatic rings. The van der Waals surface area contributed by atoms with E-state index in [2.05, 4.69) is 0 Å². The second-order valence-corrected chi connectivity index (χ2v) is 6.52. The van der Waals surface area contributed by atoms with Crippen LogP contribution >= 0.6 is 0 Å². The van der Waals surface area contributed by atoms with Crippen LogP contribution < -0.4 is 0 Å². The molecular formula is C18H24N2O4. The monoisotopic (exact) mass is 332 g/mol. The number of carbonyl (C=O) groups excluding carboxylic acids is 2. The average molecular weight is 332 g/mol. The molecule has 2 amide bonds. The van der Waals surface area contributed by atoms with Crippen LogP contribution in [0.15, 0.2) is 30.3 Å². The molecule has 3 rings (SSSR count). The van der Waals surface area contributed by atoms with Crippen LogP contribution in [0.3, 0.4) is 0 Å². The van der Waals surface area contributed by atoms with Crippen molar-refractivity contribution >= 4 is 11.8 Å². The molecule has 1 atom stereocenters. The Kier molecular flexibility index (Phi) is 5.48. The van der Waals surface area contributed by atoms with Gasteiger partial charge in [0.05, 0.1) is 12.6 Å². The van der Waals surface area contributed by atoms with Gasteiger partial charge >= 0.3 is 0 Å². The number of carbonyl (C=O) groups is 2. The minimum Gasteiger partial charge on any atom is -0.389 e. The fourth-order valence-electron chi connectivity index (χ4n) is 3.32. The molecule has 1 N–H and O–H groups in total. The number of hydrogen-bond acceptors (Lipinski definition) is 4. The second kappa shape index (κ2) is 7.77. The van der Waals surface area contributed by atoms with Crippen LogP contribution in [0.2, 0.25) is 0 Å². The zero-order valence-electron chi connectivity index (χ0n) is 13.8. The average Bonchev–Trinajstić information content (AvgIpc) is 2.74. The van der Waals surface area contributed by atoms with Gasteiger partial charge in [-0.3, -0.25) is 9.59 Å². The molecule has 2 saturated heterocycles. The maximum atomic E-state index is 12.7. The first-order chi connectivity index (χ1) is 11.6. The number of rotatable bonds is 3. The summed E-state index contributed by atoms with van der Waals surface area (Å²) in [6.07, 6.45) is 0.657. The highest BCUT2D eigenvalue weighted by molar-refractivity contribution is 5.86. The lowest BCUT2D eigenvalue weighted by Gasteiger charge is -2.28. The molecule has 24 heavy (non-hydrogen) atoms. The summed E-state index contributed by atoms with van der Waals surface area (Å²) >= 11 is 0. The standard InChI is InChI=1S/C18H24N2O4/c21-16-11-19(10-14-4-2-1-3-5-14)17(22)13-20(12-16)18(23)15-6-8-24-9-7-15/h1-5,15-16,21H,6-13H2. The minimum absolute atomic E-state index is 0.0349. The molecule has 2 aliphatic heterocycles. The normalized spacial score (nSPS) is 23.2. The molecule has 2 heterocycles. The van der Waals surface area contributed by atoms with Crippen LogP contribution in [-0.2, 0) is 20.9 Å². The van der Waals surface area contributed by atoms with E-state index in [0.717, 1.165) is 5.56 Å². The van der Waals surface area contributed by atoms with Crippen LogP contribution in [0.25, 0.3) is 0 Å². The predicted molar refractivity (Wildman–Crippen MR) is 88.0 cm³/mol. The summed E-state index contributed by atoms with van der Waals surface area (Å²) in [7, 11) is 0. The number of amides is 2.